The topological polar surface area (TPSA) is 41.1 Å². The van der Waals surface area contributed by atoms with Crippen LogP contribution in [0.3, 0.4) is 0 Å². The maximum atomic E-state index is 11.5. The Morgan fingerprint density at radius 1 is 1.20 bits per heavy atom. The van der Waals surface area contributed by atoms with Gasteiger partial charge in [0.2, 0.25) is 0 Å². The van der Waals surface area contributed by atoms with Crippen LogP contribution < -0.4 is 10.6 Å². The number of hydrogen-bond donors (Lipinski definition) is 2. The van der Waals surface area contributed by atoms with Crippen LogP contribution in [-0.2, 0) is 0 Å². The molecule has 20 heavy (non-hydrogen) atoms. The van der Waals surface area contributed by atoms with E-state index in [9.17, 15) is 4.79 Å². The van der Waals surface area contributed by atoms with Crippen molar-refractivity contribution in [2.75, 3.05) is 12.4 Å². The standard InChI is InChI=1S/C17H26N2O/c1-12-9-15(11-17(2,3)10-12)19-14-7-5-13(6-8-14)16(20)18-4/h5-8,12,15,19H,9-11H2,1-4H3,(H,18,20). The molecular weight excluding hydrogens is 248 g/mol. The van der Waals surface area contributed by atoms with Gasteiger partial charge in [-0.1, -0.05) is 20.8 Å². The molecule has 2 rings (SSSR count). The molecule has 2 N–H and O–H groups in total. The summed E-state index contributed by atoms with van der Waals surface area (Å²) in [5, 5.41) is 6.26. The highest BCUT2D eigenvalue weighted by Gasteiger charge is 2.31. The monoisotopic (exact) mass is 274 g/mol. The van der Waals surface area contributed by atoms with Crippen LogP contribution in [0.25, 0.3) is 0 Å². The number of carbonyl (C=O) groups is 1. The average Bonchev–Trinajstić information content (AvgIpc) is 2.36. The molecule has 3 heteroatoms. The summed E-state index contributed by atoms with van der Waals surface area (Å²) < 4.78 is 0. The van der Waals surface area contributed by atoms with E-state index in [0.717, 1.165) is 11.6 Å². The zero-order valence-electron chi connectivity index (χ0n) is 13.0. The van der Waals surface area contributed by atoms with Gasteiger partial charge in [-0.2, -0.15) is 0 Å². The van der Waals surface area contributed by atoms with Gasteiger partial charge >= 0.3 is 0 Å². The van der Waals surface area contributed by atoms with E-state index in [-0.39, 0.29) is 5.91 Å². The smallest absolute Gasteiger partial charge is 0.251 e. The third-order valence-electron chi connectivity index (χ3n) is 4.13. The van der Waals surface area contributed by atoms with Crippen molar-refractivity contribution in [1.82, 2.24) is 5.32 Å². The lowest BCUT2D eigenvalue weighted by atomic mass is 9.70. The predicted octanol–water partition coefficient (Wildman–Crippen LogP) is 3.67. The van der Waals surface area contributed by atoms with E-state index in [1.54, 1.807) is 7.05 Å². The fourth-order valence-electron chi connectivity index (χ4n) is 3.55. The van der Waals surface area contributed by atoms with Crippen LogP contribution >= 0.6 is 0 Å². The largest absolute Gasteiger partial charge is 0.382 e. The van der Waals surface area contributed by atoms with Crippen LogP contribution in [0.1, 0.15) is 50.4 Å². The normalized spacial score (nSPS) is 25.0. The van der Waals surface area contributed by atoms with Crippen LogP contribution in [0.5, 0.6) is 0 Å². The van der Waals surface area contributed by atoms with Gasteiger partial charge in [0, 0.05) is 24.3 Å². The highest BCUT2D eigenvalue weighted by atomic mass is 16.1. The van der Waals surface area contributed by atoms with E-state index in [4.69, 9.17) is 0 Å². The quantitative estimate of drug-likeness (QED) is 0.883. The van der Waals surface area contributed by atoms with E-state index < -0.39 is 0 Å². The van der Waals surface area contributed by atoms with Crippen LogP contribution in [0.15, 0.2) is 24.3 Å². The van der Waals surface area contributed by atoms with E-state index in [0.29, 0.717) is 17.0 Å². The molecule has 1 aromatic carbocycles. The fourth-order valence-corrected chi connectivity index (χ4v) is 3.55. The minimum absolute atomic E-state index is 0.0380. The van der Waals surface area contributed by atoms with Gasteiger partial charge < -0.3 is 10.6 Å². The van der Waals surface area contributed by atoms with Crippen molar-refractivity contribution in [3.63, 3.8) is 0 Å². The predicted molar refractivity (Wildman–Crippen MR) is 84.0 cm³/mol. The van der Waals surface area contributed by atoms with Crippen molar-refractivity contribution in [2.24, 2.45) is 11.3 Å². The van der Waals surface area contributed by atoms with E-state index in [1.165, 1.54) is 19.3 Å². The van der Waals surface area contributed by atoms with E-state index in [1.807, 2.05) is 24.3 Å². The molecule has 0 saturated heterocycles. The van der Waals surface area contributed by atoms with Gasteiger partial charge in [0.1, 0.15) is 0 Å². The number of benzene rings is 1. The van der Waals surface area contributed by atoms with Crippen LogP contribution in [0.4, 0.5) is 5.69 Å². The fraction of sp³-hybridized carbons (Fsp3) is 0.588. The van der Waals surface area contributed by atoms with Crippen LogP contribution in [0.2, 0.25) is 0 Å². The van der Waals surface area contributed by atoms with Gasteiger partial charge in [-0.05, 0) is 54.9 Å². The van der Waals surface area contributed by atoms with Gasteiger partial charge in [0.15, 0.2) is 0 Å². The number of nitrogens with one attached hydrogen (secondary N) is 2. The first-order valence-electron chi connectivity index (χ1n) is 7.48. The summed E-state index contributed by atoms with van der Waals surface area (Å²) >= 11 is 0. The van der Waals surface area contributed by atoms with Crippen molar-refractivity contribution < 1.29 is 4.79 Å². The molecule has 3 nitrogen and oxygen atoms in total. The summed E-state index contributed by atoms with van der Waals surface area (Å²) in [6.45, 7) is 7.04. The lowest BCUT2D eigenvalue weighted by molar-refractivity contribution is 0.0963. The minimum Gasteiger partial charge on any atom is -0.382 e. The third kappa shape index (κ3) is 3.75. The number of rotatable bonds is 3. The van der Waals surface area contributed by atoms with Crippen molar-refractivity contribution in [3.8, 4) is 0 Å². The Kier molecular flexibility index (Phi) is 4.36. The lowest BCUT2D eigenvalue weighted by Gasteiger charge is -2.39. The molecule has 1 fully saturated rings. The van der Waals surface area contributed by atoms with E-state index in [2.05, 4.69) is 31.4 Å². The van der Waals surface area contributed by atoms with Gasteiger partial charge in [-0.3, -0.25) is 4.79 Å². The van der Waals surface area contributed by atoms with Crippen molar-refractivity contribution in [3.05, 3.63) is 29.8 Å². The second-order valence-electron chi connectivity index (χ2n) is 6.91. The van der Waals surface area contributed by atoms with Crippen molar-refractivity contribution in [1.29, 1.82) is 0 Å². The lowest BCUT2D eigenvalue weighted by Crippen LogP contribution is -2.35. The Bertz CT molecular complexity index is 464. The summed E-state index contributed by atoms with van der Waals surface area (Å²) in [4.78, 5) is 11.5. The summed E-state index contributed by atoms with van der Waals surface area (Å²) in [6.07, 6.45) is 3.73. The molecule has 0 heterocycles. The highest BCUT2D eigenvalue weighted by Crippen LogP contribution is 2.39. The summed E-state index contributed by atoms with van der Waals surface area (Å²) in [6, 6.07) is 8.27. The minimum atomic E-state index is -0.0380. The Hall–Kier alpha value is -1.51. The summed E-state index contributed by atoms with van der Waals surface area (Å²) in [5.41, 5.74) is 2.22. The summed E-state index contributed by atoms with van der Waals surface area (Å²) in [5.74, 6) is 0.727. The second kappa shape index (κ2) is 5.86. The molecule has 1 saturated carbocycles. The Balaban J connectivity index is 2.01. The van der Waals surface area contributed by atoms with Gasteiger partial charge in [0.25, 0.3) is 5.91 Å². The average molecular weight is 274 g/mol. The number of carbonyl (C=O) groups excluding carboxylic acids is 1. The number of anilines is 1. The molecule has 1 amide bonds. The molecule has 0 radical (unpaired) electrons. The zero-order chi connectivity index (χ0) is 14.8. The Morgan fingerprint density at radius 2 is 1.85 bits per heavy atom. The van der Waals surface area contributed by atoms with Gasteiger partial charge in [-0.25, -0.2) is 0 Å². The molecule has 110 valence electrons. The van der Waals surface area contributed by atoms with E-state index >= 15 is 0 Å². The Morgan fingerprint density at radius 3 is 2.40 bits per heavy atom. The maximum Gasteiger partial charge on any atom is 0.251 e. The molecule has 0 spiro atoms. The molecule has 2 unspecified atom stereocenters. The molecule has 1 aromatic rings. The number of hydrogen-bond acceptors (Lipinski definition) is 2. The van der Waals surface area contributed by atoms with Crippen molar-refractivity contribution >= 4 is 11.6 Å². The molecular formula is C17H26N2O. The Labute approximate surface area is 122 Å². The van der Waals surface area contributed by atoms with Crippen LogP contribution in [0, 0.1) is 11.3 Å². The van der Waals surface area contributed by atoms with Gasteiger partial charge in [0.05, 0.1) is 0 Å². The first kappa shape index (κ1) is 14.9. The van der Waals surface area contributed by atoms with Gasteiger partial charge in [-0.15, -0.1) is 0 Å². The van der Waals surface area contributed by atoms with Crippen molar-refractivity contribution in [2.45, 2.75) is 46.1 Å². The zero-order valence-corrected chi connectivity index (χ0v) is 13.0. The first-order chi connectivity index (χ1) is 9.39. The SMILES string of the molecule is CNC(=O)c1ccc(NC2CC(C)CC(C)(C)C2)cc1. The molecule has 0 aromatic heterocycles. The third-order valence-corrected chi connectivity index (χ3v) is 4.13. The molecule has 1 aliphatic rings. The second-order valence-corrected chi connectivity index (χ2v) is 6.91. The highest BCUT2D eigenvalue weighted by molar-refractivity contribution is 5.94. The molecule has 0 aliphatic heterocycles. The molecule has 1 aliphatic carbocycles. The molecule has 2 atom stereocenters. The molecule has 0 bridgehead atoms. The number of amides is 1. The first-order valence-corrected chi connectivity index (χ1v) is 7.48. The maximum absolute atomic E-state index is 11.5. The van der Waals surface area contributed by atoms with Crippen LogP contribution in [-0.4, -0.2) is 19.0 Å². The summed E-state index contributed by atoms with van der Waals surface area (Å²) in [7, 11) is 1.65.